The minimum Gasteiger partial charge on any atom is -0.497 e. The lowest BCUT2D eigenvalue weighted by Crippen LogP contribution is -2.36. The largest absolute Gasteiger partial charge is 0.497 e. The second-order valence-corrected chi connectivity index (χ2v) is 5.97. The van der Waals surface area contributed by atoms with Crippen LogP contribution in [0, 0.1) is 0 Å². The number of carbonyl (C=O) groups is 1. The van der Waals surface area contributed by atoms with Crippen LogP contribution in [-0.4, -0.2) is 52.3 Å². The van der Waals surface area contributed by atoms with Gasteiger partial charge in [0.1, 0.15) is 18.4 Å². The highest BCUT2D eigenvalue weighted by molar-refractivity contribution is 5.90. The maximum absolute atomic E-state index is 12.1. The van der Waals surface area contributed by atoms with E-state index in [4.69, 9.17) is 4.74 Å². The molecule has 1 fully saturated rings. The van der Waals surface area contributed by atoms with Crippen LogP contribution >= 0.6 is 0 Å². The molecule has 1 aromatic heterocycles. The number of ether oxygens (including phenoxy) is 1. The summed E-state index contributed by atoms with van der Waals surface area (Å²) in [6, 6.07) is 7.80. The van der Waals surface area contributed by atoms with E-state index in [0.717, 1.165) is 43.9 Å². The Morgan fingerprint density at radius 2 is 2.04 bits per heavy atom. The van der Waals surface area contributed by atoms with E-state index in [0.29, 0.717) is 12.5 Å². The first kappa shape index (κ1) is 16.4. The van der Waals surface area contributed by atoms with Crippen LogP contribution in [0.4, 0.5) is 5.69 Å². The molecule has 1 amide bonds. The lowest BCUT2D eigenvalue weighted by molar-refractivity contribution is -0.116. The molecule has 0 atom stereocenters. The molecule has 24 heavy (non-hydrogen) atoms. The number of hydrogen-bond donors (Lipinski definition) is 1. The first-order valence-electron chi connectivity index (χ1n) is 8.25. The van der Waals surface area contributed by atoms with Gasteiger partial charge in [0.15, 0.2) is 0 Å². The summed E-state index contributed by atoms with van der Waals surface area (Å²) in [6.45, 7) is 2.76. The van der Waals surface area contributed by atoms with Gasteiger partial charge in [0.25, 0.3) is 0 Å². The molecule has 7 nitrogen and oxygen atoms in total. The number of anilines is 1. The zero-order valence-corrected chi connectivity index (χ0v) is 13.9. The Morgan fingerprint density at radius 3 is 2.67 bits per heavy atom. The molecule has 128 valence electrons. The van der Waals surface area contributed by atoms with E-state index >= 15 is 0 Å². The van der Waals surface area contributed by atoms with E-state index in [1.165, 1.54) is 0 Å². The lowest BCUT2D eigenvalue weighted by atomic mass is 10.1. The molecule has 1 saturated heterocycles. The maximum Gasteiger partial charge on any atom is 0.225 e. The molecule has 1 aliphatic heterocycles. The highest BCUT2D eigenvalue weighted by Crippen LogP contribution is 2.21. The van der Waals surface area contributed by atoms with Gasteiger partial charge in [0.05, 0.1) is 13.2 Å². The summed E-state index contributed by atoms with van der Waals surface area (Å²) in [5.41, 5.74) is 0.797. The van der Waals surface area contributed by atoms with Gasteiger partial charge in [-0.2, -0.15) is 5.10 Å². The van der Waals surface area contributed by atoms with Crippen LogP contribution in [0.1, 0.15) is 25.3 Å². The first-order valence-corrected chi connectivity index (χ1v) is 8.25. The van der Waals surface area contributed by atoms with Crippen molar-refractivity contribution in [1.29, 1.82) is 0 Å². The number of methoxy groups -OCH3 is 1. The zero-order chi connectivity index (χ0) is 16.8. The number of piperidine rings is 1. The van der Waals surface area contributed by atoms with Crippen LogP contribution in [0.2, 0.25) is 0 Å². The van der Waals surface area contributed by atoms with E-state index in [9.17, 15) is 4.79 Å². The van der Waals surface area contributed by atoms with Crippen LogP contribution in [0.25, 0.3) is 0 Å². The standard InChI is InChI=1S/C17H23N5O2/c1-24-16-4-2-14(3-5-16)20-17(23)8-11-21-9-6-15(7-10-21)22-13-18-12-19-22/h2-5,12-13,15H,6-11H2,1H3,(H,20,23). The van der Waals surface area contributed by atoms with E-state index in [2.05, 4.69) is 20.3 Å². The third-order valence-corrected chi connectivity index (χ3v) is 4.40. The first-order chi connectivity index (χ1) is 11.7. The zero-order valence-electron chi connectivity index (χ0n) is 13.9. The summed E-state index contributed by atoms with van der Waals surface area (Å²) in [4.78, 5) is 18.4. The fourth-order valence-corrected chi connectivity index (χ4v) is 2.97. The van der Waals surface area contributed by atoms with Gasteiger partial charge in [0.2, 0.25) is 5.91 Å². The van der Waals surface area contributed by atoms with Crippen molar-refractivity contribution in [2.24, 2.45) is 0 Å². The number of nitrogens with zero attached hydrogens (tertiary/aromatic N) is 4. The molecule has 1 N–H and O–H groups in total. The van der Waals surface area contributed by atoms with Gasteiger partial charge in [-0.25, -0.2) is 9.67 Å². The van der Waals surface area contributed by atoms with E-state index < -0.39 is 0 Å². The van der Waals surface area contributed by atoms with Crippen molar-refractivity contribution in [2.45, 2.75) is 25.3 Å². The van der Waals surface area contributed by atoms with Gasteiger partial charge >= 0.3 is 0 Å². The van der Waals surface area contributed by atoms with Crippen LogP contribution in [0.5, 0.6) is 5.75 Å². The monoisotopic (exact) mass is 329 g/mol. The summed E-state index contributed by atoms with van der Waals surface area (Å²) in [5.74, 6) is 0.821. The van der Waals surface area contributed by atoms with E-state index in [1.54, 1.807) is 19.8 Å². The van der Waals surface area contributed by atoms with Gasteiger partial charge in [-0.15, -0.1) is 0 Å². The number of carbonyl (C=O) groups excluding carboxylic acids is 1. The molecule has 0 aliphatic carbocycles. The molecule has 3 rings (SSSR count). The molecule has 2 heterocycles. The molecule has 0 unspecified atom stereocenters. The van der Waals surface area contributed by atoms with Crippen LogP contribution < -0.4 is 10.1 Å². The van der Waals surface area contributed by atoms with Gasteiger partial charge in [-0.1, -0.05) is 0 Å². The number of aromatic nitrogens is 3. The number of benzene rings is 1. The molecule has 1 aliphatic rings. The SMILES string of the molecule is COc1ccc(NC(=O)CCN2CCC(n3cncn3)CC2)cc1. The Labute approximate surface area is 141 Å². The average molecular weight is 329 g/mol. The third kappa shape index (κ3) is 4.32. The Balaban J connectivity index is 1.39. The van der Waals surface area contributed by atoms with Crippen molar-refractivity contribution in [2.75, 3.05) is 32.1 Å². The molecular weight excluding hydrogens is 306 g/mol. The lowest BCUT2D eigenvalue weighted by Gasteiger charge is -2.31. The summed E-state index contributed by atoms with van der Waals surface area (Å²) < 4.78 is 7.05. The highest BCUT2D eigenvalue weighted by atomic mass is 16.5. The number of likely N-dealkylation sites (tertiary alicyclic amines) is 1. The maximum atomic E-state index is 12.1. The molecule has 0 bridgehead atoms. The van der Waals surface area contributed by atoms with Crippen molar-refractivity contribution in [3.05, 3.63) is 36.9 Å². The van der Waals surface area contributed by atoms with Gasteiger partial charge in [0, 0.05) is 31.7 Å². The quantitative estimate of drug-likeness (QED) is 0.877. The molecule has 0 saturated carbocycles. The fourth-order valence-electron chi connectivity index (χ4n) is 2.97. The topological polar surface area (TPSA) is 72.3 Å². The molecule has 7 heteroatoms. The predicted octanol–water partition coefficient (Wildman–Crippen LogP) is 1.95. The number of amides is 1. The van der Waals surface area contributed by atoms with Gasteiger partial charge in [-0.05, 0) is 37.1 Å². The third-order valence-electron chi connectivity index (χ3n) is 4.40. The van der Waals surface area contributed by atoms with Crippen molar-refractivity contribution < 1.29 is 9.53 Å². The average Bonchev–Trinajstić information content (AvgIpc) is 3.16. The Kier molecular flexibility index (Phi) is 5.43. The second-order valence-electron chi connectivity index (χ2n) is 5.97. The Morgan fingerprint density at radius 1 is 1.29 bits per heavy atom. The van der Waals surface area contributed by atoms with Crippen LogP contribution in [0.15, 0.2) is 36.9 Å². The number of hydrogen-bond acceptors (Lipinski definition) is 5. The van der Waals surface area contributed by atoms with E-state index in [-0.39, 0.29) is 5.91 Å². The van der Waals surface area contributed by atoms with Crippen molar-refractivity contribution in [1.82, 2.24) is 19.7 Å². The second kappa shape index (κ2) is 7.92. The minimum absolute atomic E-state index is 0.0403. The summed E-state index contributed by atoms with van der Waals surface area (Å²) >= 11 is 0. The normalized spacial score (nSPS) is 16.0. The predicted molar refractivity (Wildman–Crippen MR) is 91.0 cm³/mol. The minimum atomic E-state index is 0.0403. The molecule has 0 radical (unpaired) electrons. The van der Waals surface area contributed by atoms with Crippen LogP contribution in [0.3, 0.4) is 0 Å². The molecular formula is C17H23N5O2. The number of rotatable bonds is 6. The summed E-state index contributed by atoms with van der Waals surface area (Å²) in [5, 5.41) is 7.13. The van der Waals surface area contributed by atoms with Crippen molar-refractivity contribution >= 4 is 11.6 Å². The van der Waals surface area contributed by atoms with Gasteiger partial charge < -0.3 is 15.0 Å². The Hall–Kier alpha value is -2.41. The molecule has 1 aromatic carbocycles. The van der Waals surface area contributed by atoms with Crippen LogP contribution in [-0.2, 0) is 4.79 Å². The molecule has 0 spiro atoms. The number of nitrogens with one attached hydrogen (secondary N) is 1. The van der Waals surface area contributed by atoms with E-state index in [1.807, 2.05) is 28.9 Å². The van der Waals surface area contributed by atoms with Crippen molar-refractivity contribution in [3.8, 4) is 5.75 Å². The molecule has 2 aromatic rings. The Bertz CT molecular complexity index is 634. The smallest absolute Gasteiger partial charge is 0.225 e. The highest BCUT2D eigenvalue weighted by Gasteiger charge is 2.21. The van der Waals surface area contributed by atoms with Crippen molar-refractivity contribution in [3.63, 3.8) is 0 Å². The summed E-state index contributed by atoms with van der Waals surface area (Å²) in [7, 11) is 1.62. The van der Waals surface area contributed by atoms with Gasteiger partial charge in [-0.3, -0.25) is 4.79 Å². The fraction of sp³-hybridized carbons (Fsp3) is 0.471. The summed E-state index contributed by atoms with van der Waals surface area (Å²) in [6.07, 6.45) is 5.95.